The number of carbonyl (C=O) groups is 1. The first-order valence-corrected chi connectivity index (χ1v) is 7.35. The Bertz CT molecular complexity index is 461. The number of carbonyl (C=O) groups excluding carboxylic acids is 1. The molecule has 0 spiro atoms. The minimum absolute atomic E-state index is 0.0823. The number of methoxy groups -OCH3 is 1. The van der Waals surface area contributed by atoms with Gasteiger partial charge in [0.25, 0.3) is 0 Å². The van der Waals surface area contributed by atoms with E-state index in [1.54, 1.807) is 7.11 Å². The quantitative estimate of drug-likeness (QED) is 0.756. The summed E-state index contributed by atoms with van der Waals surface area (Å²) in [6, 6.07) is 10.00. The van der Waals surface area contributed by atoms with E-state index >= 15 is 0 Å². The van der Waals surface area contributed by atoms with Crippen molar-refractivity contribution in [2.45, 2.75) is 45.4 Å². The van der Waals surface area contributed by atoms with E-state index in [4.69, 9.17) is 14.2 Å². The number of ether oxygens (including phenoxy) is 3. The van der Waals surface area contributed by atoms with Crippen LogP contribution < -0.4 is 0 Å². The molecule has 2 rings (SSSR count). The molecule has 0 aromatic heterocycles. The zero-order chi connectivity index (χ0) is 15.5. The fourth-order valence-electron chi connectivity index (χ4n) is 2.99. The predicted octanol–water partition coefficient (Wildman–Crippen LogP) is 2.80. The summed E-state index contributed by atoms with van der Waals surface area (Å²) in [5.74, 6) is -0.922. The van der Waals surface area contributed by atoms with Crippen LogP contribution in [0.1, 0.15) is 26.3 Å². The van der Waals surface area contributed by atoms with Crippen LogP contribution in [0.25, 0.3) is 0 Å². The summed E-state index contributed by atoms with van der Waals surface area (Å²) in [4.78, 5) is 11.1. The van der Waals surface area contributed by atoms with Crippen LogP contribution in [0.2, 0.25) is 0 Å². The number of hydrogen-bond acceptors (Lipinski definition) is 4. The molecule has 4 nitrogen and oxygen atoms in total. The summed E-state index contributed by atoms with van der Waals surface area (Å²) in [5.41, 5.74) is 1.11. The molecular weight excluding hydrogens is 268 g/mol. The molecule has 0 aliphatic carbocycles. The third-order valence-corrected chi connectivity index (χ3v) is 4.29. The second-order valence-corrected chi connectivity index (χ2v) is 5.87. The molecule has 4 heteroatoms. The lowest BCUT2D eigenvalue weighted by Crippen LogP contribution is -2.41. The highest BCUT2D eigenvalue weighted by Crippen LogP contribution is 2.40. The average molecular weight is 292 g/mol. The largest absolute Gasteiger partial charge is 0.368 e. The number of hydrogen-bond donors (Lipinski definition) is 0. The molecule has 21 heavy (non-hydrogen) atoms. The van der Waals surface area contributed by atoms with Crippen LogP contribution in [0, 0.1) is 11.8 Å². The second-order valence-electron chi connectivity index (χ2n) is 5.87. The maximum Gasteiger partial charge on any atom is 0.192 e. The molecule has 1 saturated heterocycles. The lowest BCUT2D eigenvalue weighted by Gasteiger charge is -2.30. The Morgan fingerprint density at radius 1 is 1.38 bits per heavy atom. The van der Waals surface area contributed by atoms with Crippen LogP contribution in [-0.2, 0) is 25.6 Å². The molecule has 116 valence electrons. The Kier molecular flexibility index (Phi) is 5.14. The summed E-state index contributed by atoms with van der Waals surface area (Å²) >= 11 is 0. The van der Waals surface area contributed by atoms with Crippen LogP contribution in [0.4, 0.5) is 0 Å². The van der Waals surface area contributed by atoms with E-state index in [1.807, 2.05) is 51.1 Å². The highest BCUT2D eigenvalue weighted by molar-refractivity contribution is 5.54. The molecule has 0 N–H and O–H groups in total. The Morgan fingerprint density at radius 2 is 2.05 bits per heavy atom. The van der Waals surface area contributed by atoms with Crippen LogP contribution >= 0.6 is 0 Å². The molecule has 1 aliphatic rings. The normalized spacial score (nSPS) is 33.8. The van der Waals surface area contributed by atoms with Gasteiger partial charge in [0.1, 0.15) is 12.4 Å². The van der Waals surface area contributed by atoms with Gasteiger partial charge in [-0.1, -0.05) is 44.2 Å². The first-order valence-electron chi connectivity index (χ1n) is 7.35. The Morgan fingerprint density at radius 3 is 2.62 bits per heavy atom. The van der Waals surface area contributed by atoms with Gasteiger partial charge in [-0.2, -0.15) is 0 Å². The van der Waals surface area contributed by atoms with Crippen molar-refractivity contribution in [2.24, 2.45) is 11.8 Å². The third kappa shape index (κ3) is 3.34. The molecule has 5 atom stereocenters. The third-order valence-electron chi connectivity index (χ3n) is 4.29. The SMILES string of the molecule is CO[C@]1(C)O[C@@H]([C@@H](C)C=O)[C@@H](C)[C@@H]1OCc1ccccc1. The van der Waals surface area contributed by atoms with Crippen LogP contribution in [0.3, 0.4) is 0 Å². The summed E-state index contributed by atoms with van der Waals surface area (Å²) in [6.45, 7) is 6.28. The molecule has 1 aromatic carbocycles. The van der Waals surface area contributed by atoms with Crippen LogP contribution in [0.5, 0.6) is 0 Å². The number of benzene rings is 1. The van der Waals surface area contributed by atoms with E-state index < -0.39 is 5.79 Å². The fraction of sp³-hybridized carbons (Fsp3) is 0.588. The lowest BCUT2D eigenvalue weighted by atomic mass is 9.90. The molecule has 0 unspecified atom stereocenters. The van der Waals surface area contributed by atoms with Crippen molar-refractivity contribution in [3.05, 3.63) is 35.9 Å². The zero-order valence-electron chi connectivity index (χ0n) is 13.1. The monoisotopic (exact) mass is 292 g/mol. The zero-order valence-corrected chi connectivity index (χ0v) is 13.1. The molecule has 1 aliphatic heterocycles. The molecule has 0 radical (unpaired) electrons. The molecule has 1 aromatic rings. The molecule has 0 bridgehead atoms. The fourth-order valence-corrected chi connectivity index (χ4v) is 2.99. The van der Waals surface area contributed by atoms with Crippen molar-refractivity contribution >= 4 is 6.29 Å². The van der Waals surface area contributed by atoms with Gasteiger partial charge in [-0.3, -0.25) is 0 Å². The van der Waals surface area contributed by atoms with E-state index in [9.17, 15) is 4.79 Å². The summed E-state index contributed by atoms with van der Waals surface area (Å²) < 4.78 is 17.6. The number of rotatable bonds is 6. The first kappa shape index (κ1) is 16.1. The van der Waals surface area contributed by atoms with Gasteiger partial charge in [0.05, 0.1) is 12.7 Å². The van der Waals surface area contributed by atoms with Gasteiger partial charge < -0.3 is 19.0 Å². The molecule has 1 fully saturated rings. The second kappa shape index (κ2) is 6.69. The van der Waals surface area contributed by atoms with Crippen LogP contribution in [0.15, 0.2) is 30.3 Å². The van der Waals surface area contributed by atoms with Gasteiger partial charge >= 0.3 is 0 Å². The van der Waals surface area contributed by atoms with Gasteiger partial charge in [0.15, 0.2) is 5.79 Å². The average Bonchev–Trinajstić information content (AvgIpc) is 2.77. The molecule has 0 saturated carbocycles. The minimum Gasteiger partial charge on any atom is -0.368 e. The van der Waals surface area contributed by atoms with Gasteiger partial charge in [0, 0.05) is 18.9 Å². The van der Waals surface area contributed by atoms with Gasteiger partial charge in [0.2, 0.25) is 0 Å². The lowest BCUT2D eigenvalue weighted by molar-refractivity contribution is -0.246. The summed E-state index contributed by atoms with van der Waals surface area (Å²) in [6.07, 6.45) is 0.528. The summed E-state index contributed by atoms with van der Waals surface area (Å²) in [5, 5.41) is 0. The number of aldehydes is 1. The summed E-state index contributed by atoms with van der Waals surface area (Å²) in [7, 11) is 1.61. The maximum atomic E-state index is 11.1. The Balaban J connectivity index is 2.10. The maximum absolute atomic E-state index is 11.1. The smallest absolute Gasteiger partial charge is 0.192 e. The highest BCUT2D eigenvalue weighted by atomic mass is 16.7. The van der Waals surface area contributed by atoms with Crippen molar-refractivity contribution in [1.82, 2.24) is 0 Å². The molecule has 1 heterocycles. The standard InChI is InChI=1S/C17H24O4/c1-12(10-18)15-13(2)16(17(3,19-4)21-15)20-11-14-8-6-5-7-9-14/h5-10,12-13,15-16H,11H2,1-4H3/t12-,13+,15-,16-,17+/m0/s1. The molecular formula is C17H24O4. The van der Waals surface area contributed by atoms with E-state index in [1.165, 1.54) is 0 Å². The first-order chi connectivity index (χ1) is 10.0. The van der Waals surface area contributed by atoms with E-state index in [0.717, 1.165) is 11.8 Å². The van der Waals surface area contributed by atoms with E-state index in [0.29, 0.717) is 6.61 Å². The minimum atomic E-state index is -0.823. The Labute approximate surface area is 126 Å². The van der Waals surface area contributed by atoms with Crippen molar-refractivity contribution < 1.29 is 19.0 Å². The van der Waals surface area contributed by atoms with Gasteiger partial charge in [-0.25, -0.2) is 0 Å². The molecule has 0 amide bonds. The predicted molar refractivity (Wildman–Crippen MR) is 79.7 cm³/mol. The topological polar surface area (TPSA) is 44.8 Å². The van der Waals surface area contributed by atoms with Crippen molar-refractivity contribution in [2.75, 3.05) is 7.11 Å². The van der Waals surface area contributed by atoms with Crippen LogP contribution in [-0.4, -0.2) is 31.4 Å². The van der Waals surface area contributed by atoms with Crippen molar-refractivity contribution in [3.63, 3.8) is 0 Å². The van der Waals surface area contributed by atoms with E-state index in [-0.39, 0.29) is 24.0 Å². The van der Waals surface area contributed by atoms with E-state index in [2.05, 4.69) is 0 Å². The van der Waals surface area contributed by atoms with Crippen molar-refractivity contribution in [3.8, 4) is 0 Å². The van der Waals surface area contributed by atoms with Gasteiger partial charge in [-0.05, 0) is 12.5 Å². The Hall–Kier alpha value is -1.23. The van der Waals surface area contributed by atoms with Crippen molar-refractivity contribution in [1.29, 1.82) is 0 Å². The van der Waals surface area contributed by atoms with Gasteiger partial charge in [-0.15, -0.1) is 0 Å². The highest BCUT2D eigenvalue weighted by Gasteiger charge is 2.53.